The summed E-state index contributed by atoms with van der Waals surface area (Å²) in [5, 5.41) is 0.382. The summed E-state index contributed by atoms with van der Waals surface area (Å²) in [5.74, 6) is 0.811. The van der Waals surface area contributed by atoms with Gasteiger partial charge >= 0.3 is 0 Å². The lowest BCUT2D eigenvalue weighted by molar-refractivity contribution is 0.318. The number of hydrogen-bond donors (Lipinski definition) is 0. The van der Waals surface area contributed by atoms with Gasteiger partial charge in [-0.15, -0.1) is 0 Å². The normalized spacial score (nSPS) is 10.2. The molecule has 0 N–H and O–H groups in total. The smallest absolute Gasteiger partial charge is 0.148 e. The van der Waals surface area contributed by atoms with E-state index >= 15 is 0 Å². The minimum atomic E-state index is 0.382. The number of benzene rings is 1. The molecule has 0 aliphatic rings. The largest absolute Gasteiger partial charge is 0.493 e. The summed E-state index contributed by atoms with van der Waals surface area (Å²) in [6, 6.07) is 7.75. The Bertz CT molecular complexity index is 502. The molecule has 17 heavy (non-hydrogen) atoms. The van der Waals surface area contributed by atoms with Crippen molar-refractivity contribution >= 4 is 11.6 Å². The molecule has 0 fully saturated rings. The first kappa shape index (κ1) is 11.9. The molecule has 1 aromatic carbocycles. The molecule has 2 rings (SSSR count). The van der Waals surface area contributed by atoms with Crippen molar-refractivity contribution in [3.63, 3.8) is 0 Å². The molecule has 3 nitrogen and oxygen atoms in total. The van der Waals surface area contributed by atoms with Crippen LogP contribution >= 0.6 is 11.6 Å². The maximum atomic E-state index is 5.84. The Balaban J connectivity index is 2.37. The fourth-order valence-electron chi connectivity index (χ4n) is 1.49. The number of aromatic nitrogens is 2. The lowest BCUT2D eigenvalue weighted by Gasteiger charge is -2.09. The number of para-hydroxylation sites is 1. The van der Waals surface area contributed by atoms with Crippen LogP contribution in [-0.2, 0) is 0 Å². The zero-order valence-electron chi connectivity index (χ0n) is 9.56. The summed E-state index contributed by atoms with van der Waals surface area (Å²) in [6.07, 6.45) is 4.16. The van der Waals surface area contributed by atoms with E-state index in [-0.39, 0.29) is 0 Å². The summed E-state index contributed by atoms with van der Waals surface area (Å²) < 4.78 is 5.67. The molecular weight excluding hydrogens is 236 g/mol. The second kappa shape index (κ2) is 5.64. The Hall–Kier alpha value is -1.61. The van der Waals surface area contributed by atoms with Gasteiger partial charge in [-0.25, -0.2) is 4.98 Å². The molecule has 1 aromatic heterocycles. The van der Waals surface area contributed by atoms with E-state index in [1.807, 2.05) is 24.3 Å². The monoisotopic (exact) mass is 248 g/mol. The van der Waals surface area contributed by atoms with Gasteiger partial charge in [0.2, 0.25) is 0 Å². The molecule has 0 amide bonds. The summed E-state index contributed by atoms with van der Waals surface area (Å²) in [5.41, 5.74) is 1.64. The van der Waals surface area contributed by atoms with Crippen LogP contribution in [0.2, 0.25) is 5.15 Å². The molecule has 0 bridgehead atoms. The fraction of sp³-hybridized carbons (Fsp3) is 0.231. The lowest BCUT2D eigenvalue weighted by atomic mass is 10.1. The van der Waals surface area contributed by atoms with Crippen LogP contribution in [-0.4, -0.2) is 16.6 Å². The first-order chi connectivity index (χ1) is 8.31. The molecule has 0 saturated carbocycles. The SMILES string of the molecule is CCCOc1ccccc1-c1cncc(Cl)n1. The van der Waals surface area contributed by atoms with Gasteiger partial charge in [0.25, 0.3) is 0 Å². The Kier molecular flexibility index (Phi) is 3.94. The summed E-state index contributed by atoms with van der Waals surface area (Å²) >= 11 is 5.84. The van der Waals surface area contributed by atoms with Crippen LogP contribution in [0, 0.1) is 0 Å². The first-order valence-corrected chi connectivity index (χ1v) is 5.89. The minimum absolute atomic E-state index is 0.382. The molecule has 2 aromatic rings. The van der Waals surface area contributed by atoms with Gasteiger partial charge in [0, 0.05) is 5.56 Å². The van der Waals surface area contributed by atoms with Gasteiger partial charge in [-0.3, -0.25) is 4.98 Å². The van der Waals surface area contributed by atoms with Crippen LogP contribution in [0.1, 0.15) is 13.3 Å². The highest BCUT2D eigenvalue weighted by molar-refractivity contribution is 6.29. The summed E-state index contributed by atoms with van der Waals surface area (Å²) in [4.78, 5) is 8.27. The number of hydrogen-bond acceptors (Lipinski definition) is 3. The second-order valence-corrected chi connectivity index (χ2v) is 3.96. The standard InChI is InChI=1S/C13H13ClN2O/c1-2-7-17-12-6-4-3-5-10(12)11-8-15-9-13(14)16-11/h3-6,8-9H,2,7H2,1H3. The summed E-state index contributed by atoms with van der Waals surface area (Å²) in [6.45, 7) is 2.76. The number of halogens is 1. The average molecular weight is 249 g/mol. The average Bonchev–Trinajstić information content (AvgIpc) is 2.37. The predicted octanol–water partition coefficient (Wildman–Crippen LogP) is 3.59. The van der Waals surface area contributed by atoms with Crippen LogP contribution in [0.25, 0.3) is 11.3 Å². The Morgan fingerprint density at radius 2 is 2.06 bits per heavy atom. The summed E-state index contributed by atoms with van der Waals surface area (Å²) in [7, 11) is 0. The van der Waals surface area contributed by atoms with Crippen LogP contribution < -0.4 is 4.74 Å². The molecule has 0 spiro atoms. The number of rotatable bonds is 4. The zero-order valence-corrected chi connectivity index (χ0v) is 10.3. The van der Waals surface area contributed by atoms with Gasteiger partial charge in [-0.2, -0.15) is 0 Å². The highest BCUT2D eigenvalue weighted by Gasteiger charge is 2.07. The molecule has 0 saturated heterocycles. The van der Waals surface area contributed by atoms with Crippen molar-refractivity contribution in [1.82, 2.24) is 9.97 Å². The quantitative estimate of drug-likeness (QED) is 0.830. The molecular formula is C13H13ClN2O. The minimum Gasteiger partial charge on any atom is -0.493 e. The molecule has 0 atom stereocenters. The van der Waals surface area contributed by atoms with E-state index in [1.165, 1.54) is 6.20 Å². The molecule has 0 aliphatic heterocycles. The molecule has 1 heterocycles. The van der Waals surface area contributed by atoms with Crippen LogP contribution in [0.5, 0.6) is 5.75 Å². The molecule has 4 heteroatoms. The van der Waals surface area contributed by atoms with E-state index in [4.69, 9.17) is 16.3 Å². The maximum absolute atomic E-state index is 5.84. The van der Waals surface area contributed by atoms with E-state index in [1.54, 1.807) is 6.20 Å². The van der Waals surface area contributed by atoms with Crippen molar-refractivity contribution in [2.24, 2.45) is 0 Å². The van der Waals surface area contributed by atoms with E-state index in [9.17, 15) is 0 Å². The van der Waals surface area contributed by atoms with Crippen molar-refractivity contribution in [2.75, 3.05) is 6.61 Å². The Labute approximate surface area is 105 Å². The third kappa shape index (κ3) is 2.94. The van der Waals surface area contributed by atoms with Crippen LogP contribution in [0.3, 0.4) is 0 Å². The zero-order chi connectivity index (χ0) is 12.1. The Morgan fingerprint density at radius 1 is 1.24 bits per heavy atom. The topological polar surface area (TPSA) is 35.0 Å². The molecule has 0 aliphatic carbocycles. The highest BCUT2D eigenvalue weighted by atomic mass is 35.5. The van der Waals surface area contributed by atoms with E-state index in [2.05, 4.69) is 16.9 Å². The molecule has 88 valence electrons. The van der Waals surface area contributed by atoms with Gasteiger partial charge in [0.1, 0.15) is 10.9 Å². The van der Waals surface area contributed by atoms with Gasteiger partial charge in [0.05, 0.1) is 24.7 Å². The maximum Gasteiger partial charge on any atom is 0.148 e. The third-order valence-electron chi connectivity index (χ3n) is 2.23. The van der Waals surface area contributed by atoms with Gasteiger partial charge in [-0.1, -0.05) is 30.7 Å². The van der Waals surface area contributed by atoms with Crippen molar-refractivity contribution < 1.29 is 4.74 Å². The lowest BCUT2D eigenvalue weighted by Crippen LogP contribution is -1.97. The van der Waals surface area contributed by atoms with E-state index < -0.39 is 0 Å². The highest BCUT2D eigenvalue weighted by Crippen LogP contribution is 2.28. The third-order valence-corrected chi connectivity index (χ3v) is 2.41. The fourth-order valence-corrected chi connectivity index (χ4v) is 1.64. The van der Waals surface area contributed by atoms with Crippen molar-refractivity contribution in [2.45, 2.75) is 13.3 Å². The van der Waals surface area contributed by atoms with Crippen LogP contribution in [0.4, 0.5) is 0 Å². The molecule has 0 radical (unpaired) electrons. The van der Waals surface area contributed by atoms with Crippen LogP contribution in [0.15, 0.2) is 36.7 Å². The Morgan fingerprint density at radius 3 is 2.82 bits per heavy atom. The predicted molar refractivity (Wildman–Crippen MR) is 68.3 cm³/mol. The van der Waals surface area contributed by atoms with Crippen molar-refractivity contribution in [1.29, 1.82) is 0 Å². The molecule has 0 unspecified atom stereocenters. The number of ether oxygens (including phenoxy) is 1. The van der Waals surface area contributed by atoms with Gasteiger partial charge in [0.15, 0.2) is 0 Å². The van der Waals surface area contributed by atoms with E-state index in [0.717, 1.165) is 23.4 Å². The second-order valence-electron chi connectivity index (χ2n) is 3.57. The first-order valence-electron chi connectivity index (χ1n) is 5.51. The van der Waals surface area contributed by atoms with E-state index in [0.29, 0.717) is 11.8 Å². The van der Waals surface area contributed by atoms with Crippen molar-refractivity contribution in [3.8, 4) is 17.0 Å². The number of nitrogens with zero attached hydrogens (tertiary/aromatic N) is 2. The van der Waals surface area contributed by atoms with Gasteiger partial charge < -0.3 is 4.74 Å². The van der Waals surface area contributed by atoms with Crippen molar-refractivity contribution in [3.05, 3.63) is 41.8 Å². The van der Waals surface area contributed by atoms with Gasteiger partial charge in [-0.05, 0) is 18.6 Å².